The first-order valence-corrected chi connectivity index (χ1v) is 9.66. The molecule has 0 aliphatic carbocycles. The number of hydrogen-bond donors (Lipinski definition) is 2. The fraction of sp³-hybridized carbons (Fsp3) is 0.273. The minimum Gasteiger partial charge on any atom is -0.395 e. The number of nitrogens with one attached hydrogen (secondary N) is 1. The van der Waals surface area contributed by atoms with Gasteiger partial charge in [0.15, 0.2) is 0 Å². The zero-order valence-corrected chi connectivity index (χ0v) is 16.1. The molecule has 148 valence electrons. The fourth-order valence-electron chi connectivity index (χ4n) is 3.92. The molecule has 1 saturated heterocycles. The van der Waals surface area contributed by atoms with E-state index in [-0.39, 0.29) is 24.1 Å². The number of aliphatic hydroxyl groups is 1. The van der Waals surface area contributed by atoms with E-state index < -0.39 is 0 Å². The second kappa shape index (κ2) is 7.02. The third kappa shape index (κ3) is 2.99. The Kier molecular flexibility index (Phi) is 4.34. The Balaban J connectivity index is 1.64. The Morgan fingerprint density at radius 1 is 1.28 bits per heavy atom. The highest BCUT2D eigenvalue weighted by atomic mass is 16.5. The molecule has 2 N–H and O–H groups in total. The van der Waals surface area contributed by atoms with Crippen LogP contribution < -0.4 is 5.56 Å². The Hall–Kier alpha value is -3.16. The van der Waals surface area contributed by atoms with Gasteiger partial charge < -0.3 is 19.4 Å². The van der Waals surface area contributed by atoms with Gasteiger partial charge in [0.25, 0.3) is 5.56 Å². The van der Waals surface area contributed by atoms with Crippen molar-refractivity contribution in [3.05, 3.63) is 76.5 Å². The molecule has 4 heterocycles. The standard InChI is InChI=1S/C22H22N4O3/c1-25-10-18(19(11-27)14-5-3-2-4-6-14)17-7-20(24-21(17)22(25)28)15-8-23-26(9-15)16-12-29-13-16/h2-10,16,19,24,27H,11-13H2,1H3. The second-order valence-corrected chi connectivity index (χ2v) is 7.52. The van der Waals surface area contributed by atoms with E-state index in [1.54, 1.807) is 17.8 Å². The molecule has 29 heavy (non-hydrogen) atoms. The Bertz CT molecular complexity index is 1220. The lowest BCUT2D eigenvalue weighted by atomic mass is 9.91. The zero-order valence-electron chi connectivity index (χ0n) is 16.1. The Labute approximate surface area is 167 Å². The minimum absolute atomic E-state index is 0.0442. The van der Waals surface area contributed by atoms with Crippen molar-refractivity contribution in [2.45, 2.75) is 12.0 Å². The summed E-state index contributed by atoms with van der Waals surface area (Å²) in [4.78, 5) is 16.1. The first-order chi connectivity index (χ1) is 14.2. The van der Waals surface area contributed by atoms with E-state index in [1.807, 2.05) is 53.5 Å². The number of H-pyrrole nitrogens is 1. The lowest BCUT2D eigenvalue weighted by molar-refractivity contribution is -0.0286. The van der Waals surface area contributed by atoms with Crippen LogP contribution in [0.5, 0.6) is 0 Å². The van der Waals surface area contributed by atoms with Crippen molar-refractivity contribution in [3.63, 3.8) is 0 Å². The molecule has 7 heteroatoms. The summed E-state index contributed by atoms with van der Waals surface area (Å²) in [5.41, 5.74) is 4.12. The third-order valence-corrected chi connectivity index (χ3v) is 5.66. The van der Waals surface area contributed by atoms with Crippen LogP contribution in [0.25, 0.3) is 22.2 Å². The lowest BCUT2D eigenvalue weighted by Crippen LogP contribution is -2.30. The molecule has 0 bridgehead atoms. The number of aromatic nitrogens is 4. The summed E-state index contributed by atoms with van der Waals surface area (Å²) in [7, 11) is 1.74. The number of aryl methyl sites for hydroxylation is 1. The summed E-state index contributed by atoms with van der Waals surface area (Å²) in [5, 5.41) is 15.4. The van der Waals surface area contributed by atoms with Crippen LogP contribution in [0.2, 0.25) is 0 Å². The molecule has 1 aliphatic rings. The maximum Gasteiger partial charge on any atom is 0.274 e. The molecule has 0 amide bonds. The number of nitrogens with zero attached hydrogens (tertiary/aromatic N) is 3. The number of rotatable bonds is 5. The molecule has 4 aromatic rings. The van der Waals surface area contributed by atoms with Gasteiger partial charge >= 0.3 is 0 Å². The molecule has 1 aromatic carbocycles. The molecule has 3 aromatic heterocycles. The number of fused-ring (bicyclic) bond motifs is 1. The molecule has 7 nitrogen and oxygen atoms in total. The zero-order chi connectivity index (χ0) is 20.0. The molecule has 1 atom stereocenters. The van der Waals surface area contributed by atoms with Crippen LogP contribution in [0.3, 0.4) is 0 Å². The molecule has 5 rings (SSSR count). The Morgan fingerprint density at radius 2 is 2.07 bits per heavy atom. The van der Waals surface area contributed by atoms with E-state index in [2.05, 4.69) is 10.1 Å². The van der Waals surface area contributed by atoms with Crippen LogP contribution >= 0.6 is 0 Å². The van der Waals surface area contributed by atoms with E-state index in [0.29, 0.717) is 18.7 Å². The van der Waals surface area contributed by atoms with E-state index in [0.717, 1.165) is 27.8 Å². The topological polar surface area (TPSA) is 85.1 Å². The third-order valence-electron chi connectivity index (χ3n) is 5.66. The molecule has 1 fully saturated rings. The summed E-state index contributed by atoms with van der Waals surface area (Å²) < 4.78 is 8.72. The van der Waals surface area contributed by atoms with Gasteiger partial charge in [0.2, 0.25) is 0 Å². The predicted octanol–water partition coefficient (Wildman–Crippen LogP) is 2.43. The highest BCUT2D eigenvalue weighted by Gasteiger charge is 2.23. The fourth-order valence-corrected chi connectivity index (χ4v) is 3.92. The summed E-state index contributed by atoms with van der Waals surface area (Å²) >= 11 is 0. The van der Waals surface area contributed by atoms with Crippen LogP contribution in [0.15, 0.2) is 59.8 Å². The Morgan fingerprint density at radius 3 is 2.76 bits per heavy atom. The first kappa shape index (κ1) is 17.9. The van der Waals surface area contributed by atoms with Gasteiger partial charge in [-0.3, -0.25) is 9.48 Å². The van der Waals surface area contributed by atoms with E-state index >= 15 is 0 Å². The molecular weight excluding hydrogens is 368 g/mol. The molecule has 0 radical (unpaired) electrons. The average Bonchev–Trinajstić information content (AvgIpc) is 3.33. The van der Waals surface area contributed by atoms with Crippen LogP contribution in [0, 0.1) is 0 Å². The molecule has 0 spiro atoms. The van der Waals surface area contributed by atoms with Crippen LogP contribution in [0.1, 0.15) is 23.1 Å². The van der Waals surface area contributed by atoms with Gasteiger partial charge in [-0.05, 0) is 17.2 Å². The number of pyridine rings is 1. The molecule has 1 aliphatic heterocycles. The summed E-state index contributed by atoms with van der Waals surface area (Å²) in [6.45, 7) is 1.30. The highest BCUT2D eigenvalue weighted by Crippen LogP contribution is 2.32. The number of ether oxygens (including phenoxy) is 1. The predicted molar refractivity (Wildman–Crippen MR) is 110 cm³/mol. The number of hydrogen-bond acceptors (Lipinski definition) is 4. The largest absolute Gasteiger partial charge is 0.395 e. The van der Waals surface area contributed by atoms with Crippen molar-refractivity contribution in [3.8, 4) is 11.3 Å². The number of aromatic amines is 1. The van der Waals surface area contributed by atoms with Crippen molar-refractivity contribution in [1.82, 2.24) is 19.3 Å². The SMILES string of the molecule is Cn1cc(C(CO)c2ccccc2)c2cc(-c3cnn(C4COC4)c3)[nH]c2c1=O. The first-order valence-electron chi connectivity index (χ1n) is 9.66. The van der Waals surface area contributed by atoms with Gasteiger partial charge in [-0.2, -0.15) is 5.10 Å². The minimum atomic E-state index is -0.219. The van der Waals surface area contributed by atoms with Crippen molar-refractivity contribution < 1.29 is 9.84 Å². The smallest absolute Gasteiger partial charge is 0.274 e. The van der Waals surface area contributed by atoms with Crippen LogP contribution in [-0.4, -0.2) is 44.3 Å². The lowest BCUT2D eigenvalue weighted by Gasteiger charge is -2.25. The second-order valence-electron chi connectivity index (χ2n) is 7.52. The van der Waals surface area contributed by atoms with Gasteiger partial charge in [-0.15, -0.1) is 0 Å². The van der Waals surface area contributed by atoms with E-state index in [9.17, 15) is 9.90 Å². The maximum atomic E-state index is 12.8. The summed E-state index contributed by atoms with van der Waals surface area (Å²) in [6, 6.07) is 12.1. The number of aliphatic hydroxyl groups excluding tert-OH is 1. The van der Waals surface area contributed by atoms with Crippen molar-refractivity contribution in [2.24, 2.45) is 7.05 Å². The average molecular weight is 390 g/mol. The molecule has 0 saturated carbocycles. The van der Waals surface area contributed by atoms with Gasteiger partial charge in [0, 0.05) is 42.0 Å². The van der Waals surface area contributed by atoms with Crippen LogP contribution in [-0.2, 0) is 11.8 Å². The van der Waals surface area contributed by atoms with Crippen molar-refractivity contribution in [1.29, 1.82) is 0 Å². The van der Waals surface area contributed by atoms with Gasteiger partial charge in [0.05, 0.1) is 32.1 Å². The molecular formula is C22H22N4O3. The van der Waals surface area contributed by atoms with Crippen molar-refractivity contribution in [2.75, 3.05) is 19.8 Å². The quantitative estimate of drug-likeness (QED) is 0.548. The normalized spacial score (nSPS) is 15.5. The van der Waals surface area contributed by atoms with Gasteiger partial charge in [-0.1, -0.05) is 30.3 Å². The van der Waals surface area contributed by atoms with E-state index in [4.69, 9.17) is 4.74 Å². The van der Waals surface area contributed by atoms with Crippen molar-refractivity contribution >= 4 is 10.9 Å². The number of benzene rings is 1. The van der Waals surface area contributed by atoms with Crippen LogP contribution in [0.4, 0.5) is 0 Å². The summed E-state index contributed by atoms with van der Waals surface area (Å²) in [6.07, 6.45) is 5.60. The maximum absolute atomic E-state index is 12.8. The highest BCUT2D eigenvalue weighted by molar-refractivity contribution is 5.88. The van der Waals surface area contributed by atoms with Gasteiger partial charge in [0.1, 0.15) is 5.52 Å². The van der Waals surface area contributed by atoms with E-state index in [1.165, 1.54) is 0 Å². The molecule has 1 unspecified atom stereocenters. The van der Waals surface area contributed by atoms with Gasteiger partial charge in [-0.25, -0.2) is 0 Å². The summed E-state index contributed by atoms with van der Waals surface area (Å²) in [5.74, 6) is -0.219. The monoisotopic (exact) mass is 390 g/mol.